The van der Waals surface area contributed by atoms with E-state index in [4.69, 9.17) is 16.3 Å². The van der Waals surface area contributed by atoms with Crippen molar-refractivity contribution in [2.75, 3.05) is 13.1 Å². The highest BCUT2D eigenvalue weighted by Gasteiger charge is 2.57. The highest BCUT2D eigenvalue weighted by Crippen LogP contribution is 2.47. The number of piperidine rings is 1. The number of carbonyl (C=O) groups excluding carboxylic acids is 2. The van der Waals surface area contributed by atoms with Gasteiger partial charge in [0.05, 0.1) is 27.4 Å². The summed E-state index contributed by atoms with van der Waals surface area (Å²) < 4.78 is 90.0. The molecule has 1 unspecified atom stereocenters. The lowest BCUT2D eigenvalue weighted by molar-refractivity contribution is -0.164. The van der Waals surface area contributed by atoms with Gasteiger partial charge in [0, 0.05) is 42.0 Å². The number of halogens is 7. The maximum atomic E-state index is 15.3. The molecular formula is C33H34ClF6N3O5S2. The lowest BCUT2D eigenvalue weighted by atomic mass is 9.77. The highest BCUT2D eigenvalue weighted by molar-refractivity contribution is 7.16. The first-order valence-electron chi connectivity index (χ1n) is 15.8. The smallest absolute Gasteiger partial charge is 0.425 e. The molecule has 3 aromatic rings. The minimum Gasteiger partial charge on any atom is -0.481 e. The molecule has 272 valence electrons. The number of pyridine rings is 1. The molecule has 1 N–H and O–H groups in total. The molecule has 0 radical (unpaired) electrons. The van der Waals surface area contributed by atoms with Crippen molar-refractivity contribution in [1.29, 1.82) is 0 Å². The number of carboxylic acid groups (broad SMARTS) is 1. The molecule has 8 nitrogen and oxygen atoms in total. The Morgan fingerprint density at radius 1 is 1.10 bits per heavy atom. The molecule has 0 spiro atoms. The summed E-state index contributed by atoms with van der Waals surface area (Å²) in [5, 5.41) is 11.1. The van der Waals surface area contributed by atoms with Crippen molar-refractivity contribution in [3.05, 3.63) is 66.8 Å². The van der Waals surface area contributed by atoms with Crippen LogP contribution in [0, 0.1) is 5.41 Å². The second-order valence-corrected chi connectivity index (χ2v) is 15.7. The fourth-order valence-corrected chi connectivity index (χ4v) is 8.79. The lowest BCUT2D eigenvalue weighted by Crippen LogP contribution is -2.68. The molecule has 1 saturated heterocycles. The second-order valence-electron chi connectivity index (χ2n) is 13.0. The molecule has 0 aromatic carbocycles. The Bertz CT molecular complexity index is 1760. The summed E-state index contributed by atoms with van der Waals surface area (Å²) in [6.07, 6.45) is -8.01. The minimum absolute atomic E-state index is 0.0383. The van der Waals surface area contributed by atoms with Crippen LogP contribution in [0.1, 0.15) is 90.3 Å². The quantitative estimate of drug-likeness (QED) is 0.219. The van der Waals surface area contributed by atoms with Gasteiger partial charge in [0.1, 0.15) is 16.3 Å². The van der Waals surface area contributed by atoms with Crippen LogP contribution in [-0.2, 0) is 28.4 Å². The van der Waals surface area contributed by atoms with Gasteiger partial charge in [-0.15, -0.1) is 22.7 Å². The van der Waals surface area contributed by atoms with Crippen molar-refractivity contribution >= 4 is 52.1 Å². The van der Waals surface area contributed by atoms with E-state index in [2.05, 4.69) is 4.98 Å². The Kier molecular flexibility index (Phi) is 10.6. The Labute approximate surface area is 297 Å². The molecule has 0 saturated carbocycles. The zero-order valence-electron chi connectivity index (χ0n) is 27.2. The summed E-state index contributed by atoms with van der Waals surface area (Å²) in [5.41, 5.74) is -4.94. The average Bonchev–Trinajstić information content (AvgIpc) is 3.67. The van der Waals surface area contributed by atoms with Crippen LogP contribution in [0.25, 0.3) is 0 Å². The number of alkyl halides is 6. The molecule has 0 aliphatic carbocycles. The van der Waals surface area contributed by atoms with Crippen LogP contribution in [0.5, 0.6) is 5.75 Å². The lowest BCUT2D eigenvalue weighted by Gasteiger charge is -2.51. The molecular weight excluding hydrogens is 732 g/mol. The molecule has 5 heterocycles. The SMILES string of the molecule is CCC[C@H]1N(C(=O)c2ncccc2C(F)(F)F)CCC[C@]1(Oc1csc(C(F)(F)F)c1)C(=O)N1CCc2sc(Cl)cc2C1CC(C)(C)C(=O)O. The predicted molar refractivity (Wildman–Crippen MR) is 174 cm³/mol. The summed E-state index contributed by atoms with van der Waals surface area (Å²) >= 11 is 8.01. The predicted octanol–water partition coefficient (Wildman–Crippen LogP) is 8.75. The van der Waals surface area contributed by atoms with Gasteiger partial charge in [-0.3, -0.25) is 19.4 Å². The van der Waals surface area contributed by atoms with Crippen LogP contribution in [0.3, 0.4) is 0 Å². The molecule has 3 atom stereocenters. The third-order valence-corrected chi connectivity index (χ3v) is 11.5. The second kappa shape index (κ2) is 14.0. The summed E-state index contributed by atoms with van der Waals surface area (Å²) in [5.74, 6) is -3.24. The zero-order valence-corrected chi connectivity index (χ0v) is 29.5. The van der Waals surface area contributed by atoms with E-state index >= 15 is 4.79 Å². The maximum absolute atomic E-state index is 15.3. The Hall–Kier alpha value is -3.37. The molecule has 2 amide bonds. The summed E-state index contributed by atoms with van der Waals surface area (Å²) in [6.45, 7) is 4.73. The first-order valence-corrected chi connectivity index (χ1v) is 17.9. The number of amides is 2. The molecule has 0 bridgehead atoms. The third kappa shape index (κ3) is 7.33. The van der Waals surface area contributed by atoms with Gasteiger partial charge in [-0.25, -0.2) is 0 Å². The molecule has 2 aliphatic rings. The normalized spacial score (nSPS) is 21.6. The van der Waals surface area contributed by atoms with E-state index in [1.165, 1.54) is 30.1 Å². The van der Waals surface area contributed by atoms with Gasteiger partial charge in [-0.05, 0) is 63.3 Å². The monoisotopic (exact) mass is 765 g/mol. The highest BCUT2D eigenvalue weighted by atomic mass is 35.5. The summed E-state index contributed by atoms with van der Waals surface area (Å²) in [4.78, 5) is 47.8. The van der Waals surface area contributed by atoms with E-state index in [1.807, 2.05) is 0 Å². The standard InChI is InChI=1S/C33H34ClF6N3O5S2/c1-4-7-23-31(48-18-14-24(49-17-18)33(38,39)40,10-6-12-43(23)27(44)26-20(32(35,36)37)8-5-11-41-26)28(45)42-13-9-22-19(15-25(34)50-22)21(42)16-30(2,3)29(46)47/h5,8,11,14-15,17,21,23H,4,6-7,9-10,12-13,16H2,1-3H3,(H,46,47)/t21?,23-,31-/m1/s1. The van der Waals surface area contributed by atoms with Crippen LogP contribution in [0.15, 0.2) is 35.8 Å². The van der Waals surface area contributed by atoms with Crippen molar-refractivity contribution in [2.24, 2.45) is 5.41 Å². The van der Waals surface area contributed by atoms with E-state index in [9.17, 15) is 41.0 Å². The molecule has 50 heavy (non-hydrogen) atoms. The van der Waals surface area contributed by atoms with E-state index in [1.54, 1.807) is 13.0 Å². The number of hydrogen-bond donors (Lipinski definition) is 1. The first kappa shape index (κ1) is 37.9. The van der Waals surface area contributed by atoms with Crippen LogP contribution in [0.4, 0.5) is 26.3 Å². The van der Waals surface area contributed by atoms with E-state index in [0.29, 0.717) is 34.1 Å². The number of aliphatic carboxylic acids is 1. The number of rotatable bonds is 9. The molecule has 3 aromatic heterocycles. The van der Waals surface area contributed by atoms with Gasteiger partial charge in [0.2, 0.25) is 5.60 Å². The van der Waals surface area contributed by atoms with Gasteiger partial charge in [0.25, 0.3) is 11.8 Å². The minimum atomic E-state index is -4.93. The van der Waals surface area contributed by atoms with Gasteiger partial charge < -0.3 is 19.6 Å². The van der Waals surface area contributed by atoms with Gasteiger partial charge in [0.15, 0.2) is 0 Å². The van der Waals surface area contributed by atoms with E-state index in [0.717, 1.165) is 39.6 Å². The van der Waals surface area contributed by atoms with Crippen molar-refractivity contribution in [1.82, 2.24) is 14.8 Å². The number of ether oxygens (including phenoxy) is 1. The molecule has 2 aliphatic heterocycles. The first-order chi connectivity index (χ1) is 23.3. The van der Waals surface area contributed by atoms with E-state index < -0.39 is 69.4 Å². The Morgan fingerprint density at radius 3 is 2.44 bits per heavy atom. The fraction of sp³-hybridized carbons (Fsp3) is 0.515. The van der Waals surface area contributed by atoms with Gasteiger partial charge in [-0.1, -0.05) is 24.9 Å². The number of thiophene rings is 2. The van der Waals surface area contributed by atoms with Crippen molar-refractivity contribution in [2.45, 2.75) is 89.3 Å². The molecule has 1 fully saturated rings. The largest absolute Gasteiger partial charge is 0.481 e. The Balaban J connectivity index is 1.67. The number of carboxylic acids is 1. The topological polar surface area (TPSA) is 100 Å². The Morgan fingerprint density at radius 2 is 1.82 bits per heavy atom. The van der Waals surface area contributed by atoms with Crippen molar-refractivity contribution < 1.29 is 50.6 Å². The number of hydrogen-bond acceptors (Lipinski definition) is 7. The molecule has 17 heteroatoms. The van der Waals surface area contributed by atoms with Gasteiger partial charge in [-0.2, -0.15) is 26.3 Å². The summed E-state index contributed by atoms with van der Waals surface area (Å²) in [7, 11) is 0. The maximum Gasteiger partial charge on any atom is 0.425 e. The number of carbonyl (C=O) groups is 3. The van der Waals surface area contributed by atoms with Gasteiger partial charge >= 0.3 is 18.3 Å². The fourth-order valence-electron chi connectivity index (χ4n) is 6.78. The number of nitrogens with zero attached hydrogens (tertiary/aromatic N) is 3. The van der Waals surface area contributed by atoms with Crippen molar-refractivity contribution in [3.63, 3.8) is 0 Å². The summed E-state index contributed by atoms with van der Waals surface area (Å²) in [6, 6.07) is 2.10. The average molecular weight is 766 g/mol. The zero-order chi connectivity index (χ0) is 36.8. The number of fused-ring (bicyclic) bond motifs is 1. The van der Waals surface area contributed by atoms with Crippen molar-refractivity contribution in [3.8, 4) is 5.75 Å². The third-order valence-electron chi connectivity index (χ3n) is 9.19. The van der Waals surface area contributed by atoms with Crippen LogP contribution in [-0.4, -0.2) is 62.4 Å². The van der Waals surface area contributed by atoms with E-state index in [-0.39, 0.29) is 44.5 Å². The van der Waals surface area contributed by atoms with Crippen LogP contribution in [0.2, 0.25) is 4.34 Å². The number of aromatic nitrogens is 1. The van der Waals surface area contributed by atoms with Crippen LogP contribution >= 0.6 is 34.3 Å². The number of likely N-dealkylation sites (tertiary alicyclic amines) is 1. The molecule has 5 rings (SSSR count). The van der Waals surface area contributed by atoms with Crippen LogP contribution < -0.4 is 4.74 Å².